The first-order valence-electron chi connectivity index (χ1n) is 7.31. The first-order valence-corrected chi connectivity index (χ1v) is 8.50. The van der Waals surface area contributed by atoms with Crippen LogP contribution in [-0.4, -0.2) is 25.6 Å². The number of nitrogens with one attached hydrogen (secondary N) is 1. The minimum absolute atomic E-state index is 0.166. The number of nitro groups is 1. The third-order valence-corrected chi connectivity index (χ3v) is 4.72. The second-order valence-corrected chi connectivity index (χ2v) is 6.68. The number of nitrogens with zero attached hydrogens (tertiary/aromatic N) is 4. The topological polar surface area (TPSA) is 103 Å². The summed E-state index contributed by atoms with van der Waals surface area (Å²) in [6.45, 7) is 0. The van der Waals surface area contributed by atoms with E-state index < -0.39 is 10.8 Å². The van der Waals surface area contributed by atoms with Crippen LogP contribution in [0.25, 0.3) is 0 Å². The van der Waals surface area contributed by atoms with E-state index in [9.17, 15) is 14.9 Å². The summed E-state index contributed by atoms with van der Waals surface area (Å²) in [6, 6.07) is 10.9. The van der Waals surface area contributed by atoms with Crippen molar-refractivity contribution in [3.05, 3.63) is 69.5 Å². The Morgan fingerprint density at radius 2 is 2.12 bits per heavy atom. The molecule has 3 rings (SSSR count). The molecule has 0 unspecified atom stereocenters. The van der Waals surface area contributed by atoms with Crippen LogP contribution in [0.3, 0.4) is 0 Å². The maximum absolute atomic E-state index is 12.4. The number of anilines is 1. The van der Waals surface area contributed by atoms with E-state index in [4.69, 9.17) is 11.6 Å². The van der Waals surface area contributed by atoms with Gasteiger partial charge >= 0.3 is 0 Å². The zero-order valence-electron chi connectivity index (χ0n) is 13.4. The molecule has 1 amide bonds. The summed E-state index contributed by atoms with van der Waals surface area (Å²) in [7, 11) is 1.74. The van der Waals surface area contributed by atoms with Crippen molar-refractivity contribution >= 4 is 40.6 Å². The molecule has 0 fully saturated rings. The van der Waals surface area contributed by atoms with Gasteiger partial charge in [0.15, 0.2) is 5.16 Å². The Morgan fingerprint density at radius 1 is 1.31 bits per heavy atom. The number of hydrogen-bond acceptors (Lipinski definition) is 6. The number of hydrogen-bond donors (Lipinski definition) is 1. The van der Waals surface area contributed by atoms with Crippen LogP contribution < -0.4 is 5.32 Å². The summed E-state index contributed by atoms with van der Waals surface area (Å²) in [6.07, 6.45) is 1.50. The fraction of sp³-hybridized carbons (Fsp3) is 0.0625. The monoisotopic (exact) mass is 389 g/mol. The third-order valence-electron chi connectivity index (χ3n) is 3.37. The van der Waals surface area contributed by atoms with Gasteiger partial charge in [-0.3, -0.25) is 14.9 Å². The van der Waals surface area contributed by atoms with Crippen LogP contribution in [0, 0.1) is 10.1 Å². The average molecular weight is 390 g/mol. The number of carbonyl (C=O) groups is 1. The summed E-state index contributed by atoms with van der Waals surface area (Å²) < 4.78 is 1.65. The van der Waals surface area contributed by atoms with E-state index in [0.717, 1.165) is 11.8 Å². The van der Waals surface area contributed by atoms with Gasteiger partial charge in [0.25, 0.3) is 11.6 Å². The molecule has 8 nitrogen and oxygen atoms in total. The van der Waals surface area contributed by atoms with Crippen LogP contribution in [0.5, 0.6) is 0 Å². The van der Waals surface area contributed by atoms with Crippen molar-refractivity contribution in [1.29, 1.82) is 0 Å². The molecule has 0 aliphatic heterocycles. The summed E-state index contributed by atoms with van der Waals surface area (Å²) in [5.41, 5.74) is 0.485. The Morgan fingerprint density at radius 3 is 2.77 bits per heavy atom. The highest BCUT2D eigenvalue weighted by atomic mass is 35.5. The number of nitro benzene ring substituents is 1. The molecule has 1 heterocycles. The maximum atomic E-state index is 12.4. The van der Waals surface area contributed by atoms with E-state index in [1.165, 1.54) is 24.5 Å². The van der Waals surface area contributed by atoms with Crippen molar-refractivity contribution in [1.82, 2.24) is 14.8 Å². The Labute approximate surface area is 157 Å². The van der Waals surface area contributed by atoms with Gasteiger partial charge in [-0.05, 0) is 42.1 Å². The summed E-state index contributed by atoms with van der Waals surface area (Å²) in [5.74, 6) is -0.467. The van der Waals surface area contributed by atoms with Gasteiger partial charge in [0, 0.05) is 29.4 Å². The van der Waals surface area contributed by atoms with E-state index in [1.54, 1.807) is 35.9 Å². The molecular weight excluding hydrogens is 378 g/mol. The molecule has 3 aromatic rings. The molecule has 26 heavy (non-hydrogen) atoms. The molecule has 1 N–H and O–H groups in total. The molecule has 2 aromatic carbocycles. The van der Waals surface area contributed by atoms with Gasteiger partial charge in [-0.15, -0.1) is 10.2 Å². The summed E-state index contributed by atoms with van der Waals surface area (Å²) in [4.78, 5) is 23.6. The van der Waals surface area contributed by atoms with Crippen molar-refractivity contribution < 1.29 is 9.72 Å². The third kappa shape index (κ3) is 4.01. The Hall–Kier alpha value is -2.91. The summed E-state index contributed by atoms with van der Waals surface area (Å²) >= 11 is 6.99. The Kier molecular flexibility index (Phi) is 5.19. The molecule has 0 radical (unpaired) electrons. The van der Waals surface area contributed by atoms with Gasteiger partial charge in [0.05, 0.1) is 9.82 Å². The quantitative estimate of drug-likeness (QED) is 0.526. The molecule has 0 saturated heterocycles. The van der Waals surface area contributed by atoms with Gasteiger partial charge in [-0.1, -0.05) is 17.7 Å². The Balaban J connectivity index is 1.87. The second kappa shape index (κ2) is 7.54. The van der Waals surface area contributed by atoms with Crippen LogP contribution >= 0.6 is 23.4 Å². The van der Waals surface area contributed by atoms with Gasteiger partial charge in [0.1, 0.15) is 6.33 Å². The lowest BCUT2D eigenvalue weighted by molar-refractivity contribution is -0.387. The first-order chi connectivity index (χ1) is 12.4. The van der Waals surface area contributed by atoms with Crippen molar-refractivity contribution in [2.45, 2.75) is 10.1 Å². The molecule has 0 atom stereocenters. The lowest BCUT2D eigenvalue weighted by Crippen LogP contribution is -2.12. The lowest BCUT2D eigenvalue weighted by Gasteiger charge is -2.07. The van der Waals surface area contributed by atoms with Crippen LogP contribution in [0.4, 0.5) is 11.4 Å². The number of amides is 1. The van der Waals surface area contributed by atoms with Crippen LogP contribution in [0.1, 0.15) is 10.4 Å². The smallest absolute Gasteiger partial charge is 0.284 e. The van der Waals surface area contributed by atoms with Gasteiger partial charge in [-0.25, -0.2) is 0 Å². The van der Waals surface area contributed by atoms with Crippen molar-refractivity contribution in [2.24, 2.45) is 7.05 Å². The van der Waals surface area contributed by atoms with Crippen LogP contribution in [0.15, 0.2) is 58.8 Å². The molecule has 132 valence electrons. The standard InChI is InChI=1S/C16H12ClN5O3S/c1-21-9-18-20-16(21)26-14-6-5-10(7-13(14)22(24)25)15(23)19-12-4-2-3-11(17)8-12/h2-9H,1H3,(H,19,23). The molecule has 10 heteroatoms. The van der Waals surface area contributed by atoms with E-state index in [1.807, 2.05) is 0 Å². The normalized spacial score (nSPS) is 10.5. The number of aromatic nitrogens is 3. The molecule has 0 spiro atoms. The minimum atomic E-state index is -0.533. The van der Waals surface area contributed by atoms with E-state index >= 15 is 0 Å². The van der Waals surface area contributed by atoms with Crippen molar-refractivity contribution in [3.8, 4) is 0 Å². The molecular formula is C16H12ClN5O3S. The highest BCUT2D eigenvalue weighted by Crippen LogP contribution is 2.34. The Bertz CT molecular complexity index is 992. The molecule has 1 aromatic heterocycles. The van der Waals surface area contributed by atoms with Gasteiger partial charge in [-0.2, -0.15) is 0 Å². The predicted molar refractivity (Wildman–Crippen MR) is 97.6 cm³/mol. The lowest BCUT2D eigenvalue weighted by atomic mass is 10.2. The van der Waals surface area contributed by atoms with E-state index in [2.05, 4.69) is 15.5 Å². The number of rotatable bonds is 5. The molecule has 0 aliphatic carbocycles. The zero-order valence-corrected chi connectivity index (χ0v) is 15.0. The fourth-order valence-corrected chi connectivity index (χ4v) is 3.16. The average Bonchev–Trinajstić information content (AvgIpc) is 3.00. The van der Waals surface area contributed by atoms with E-state index in [-0.39, 0.29) is 11.3 Å². The highest BCUT2D eigenvalue weighted by Gasteiger charge is 2.20. The highest BCUT2D eigenvalue weighted by molar-refractivity contribution is 7.99. The van der Waals surface area contributed by atoms with Crippen LogP contribution in [-0.2, 0) is 7.05 Å². The molecule has 0 aliphatic rings. The van der Waals surface area contributed by atoms with E-state index in [0.29, 0.717) is 20.8 Å². The first kappa shape index (κ1) is 17.9. The predicted octanol–water partition coefficient (Wildman–Crippen LogP) is 3.78. The minimum Gasteiger partial charge on any atom is -0.322 e. The second-order valence-electron chi connectivity index (χ2n) is 5.23. The number of aryl methyl sites for hydroxylation is 1. The van der Waals surface area contributed by atoms with Crippen molar-refractivity contribution in [3.63, 3.8) is 0 Å². The zero-order chi connectivity index (χ0) is 18.7. The van der Waals surface area contributed by atoms with Crippen LogP contribution in [0.2, 0.25) is 5.02 Å². The largest absolute Gasteiger partial charge is 0.322 e. The SMILES string of the molecule is Cn1cnnc1Sc1ccc(C(=O)Nc2cccc(Cl)c2)cc1[N+](=O)[O-]. The van der Waals surface area contributed by atoms with Gasteiger partial charge in [0.2, 0.25) is 0 Å². The number of benzene rings is 2. The van der Waals surface area contributed by atoms with Gasteiger partial charge < -0.3 is 9.88 Å². The molecule has 0 bridgehead atoms. The van der Waals surface area contributed by atoms with Crippen molar-refractivity contribution in [2.75, 3.05) is 5.32 Å². The number of halogens is 1. The maximum Gasteiger partial charge on any atom is 0.284 e. The number of carbonyl (C=O) groups excluding carboxylic acids is 1. The fourth-order valence-electron chi connectivity index (χ4n) is 2.12. The molecule has 0 saturated carbocycles. The summed E-state index contributed by atoms with van der Waals surface area (Å²) in [5, 5.41) is 22.7.